The van der Waals surface area contributed by atoms with E-state index in [9.17, 15) is 0 Å². The molecule has 3 nitrogen and oxygen atoms in total. The van der Waals surface area contributed by atoms with Gasteiger partial charge in [0.15, 0.2) is 0 Å². The van der Waals surface area contributed by atoms with Gasteiger partial charge in [-0.25, -0.2) is 0 Å². The fourth-order valence-electron chi connectivity index (χ4n) is 0.435. The van der Waals surface area contributed by atoms with Gasteiger partial charge in [0.2, 0.25) is 0 Å². The maximum absolute atomic E-state index is 8.22. The zero-order chi connectivity index (χ0) is 7.82. The predicted molar refractivity (Wildman–Crippen MR) is 37.3 cm³/mol. The molecule has 3 heteroatoms. The molecule has 0 heterocycles. The highest BCUT2D eigenvalue weighted by molar-refractivity contribution is 4.72. The summed E-state index contributed by atoms with van der Waals surface area (Å²) in [6, 6.07) is 2.01. The Morgan fingerprint density at radius 1 is 1.60 bits per heavy atom. The molecule has 0 aromatic heterocycles. The molecule has 0 saturated carbocycles. The van der Waals surface area contributed by atoms with Gasteiger partial charge >= 0.3 is 0 Å². The Morgan fingerprint density at radius 3 is 2.80 bits per heavy atom. The van der Waals surface area contributed by atoms with E-state index >= 15 is 0 Å². The lowest BCUT2D eigenvalue weighted by molar-refractivity contribution is -0.0786. The lowest BCUT2D eigenvalue weighted by atomic mass is 10.3. The van der Waals surface area contributed by atoms with Crippen molar-refractivity contribution < 1.29 is 9.47 Å². The van der Waals surface area contributed by atoms with Gasteiger partial charge in [-0.1, -0.05) is 0 Å². The van der Waals surface area contributed by atoms with Gasteiger partial charge in [0.05, 0.1) is 18.6 Å². The minimum atomic E-state index is -0.0171. The van der Waals surface area contributed by atoms with Gasteiger partial charge in [0.25, 0.3) is 0 Å². The second kappa shape index (κ2) is 6.53. The Morgan fingerprint density at radius 2 is 2.30 bits per heavy atom. The molecule has 0 rings (SSSR count). The summed E-state index contributed by atoms with van der Waals surface area (Å²) in [6.07, 6.45) is 0.407. The van der Waals surface area contributed by atoms with Gasteiger partial charge in [-0.2, -0.15) is 5.26 Å². The van der Waals surface area contributed by atoms with Crippen LogP contribution in [0.25, 0.3) is 0 Å². The number of ether oxygens (including phenoxy) is 2. The second-order valence-electron chi connectivity index (χ2n) is 1.95. The summed E-state index contributed by atoms with van der Waals surface area (Å²) in [4.78, 5) is 0. The minimum Gasteiger partial charge on any atom is -0.356 e. The smallest absolute Gasteiger partial charge is 0.147 e. The van der Waals surface area contributed by atoms with Crippen LogP contribution in [0.15, 0.2) is 0 Å². The monoisotopic (exact) mass is 143 g/mol. The molecule has 0 fully saturated rings. The van der Waals surface area contributed by atoms with Crippen LogP contribution in [-0.4, -0.2) is 19.5 Å². The first-order valence-electron chi connectivity index (χ1n) is 3.37. The van der Waals surface area contributed by atoms with Crippen LogP contribution < -0.4 is 0 Å². The highest BCUT2D eigenvalue weighted by atomic mass is 16.7. The van der Waals surface area contributed by atoms with E-state index in [0.717, 1.165) is 0 Å². The van der Waals surface area contributed by atoms with E-state index in [1.165, 1.54) is 0 Å². The number of rotatable bonds is 5. The molecular weight excluding hydrogens is 130 g/mol. The van der Waals surface area contributed by atoms with E-state index in [-0.39, 0.29) is 6.10 Å². The van der Waals surface area contributed by atoms with Gasteiger partial charge in [-0.3, -0.25) is 0 Å². The van der Waals surface area contributed by atoms with Crippen molar-refractivity contribution in [2.45, 2.75) is 26.4 Å². The third kappa shape index (κ3) is 5.54. The highest BCUT2D eigenvalue weighted by Crippen LogP contribution is 1.94. The largest absolute Gasteiger partial charge is 0.356 e. The van der Waals surface area contributed by atoms with Crippen LogP contribution in [0.5, 0.6) is 0 Å². The minimum absolute atomic E-state index is 0.0171. The van der Waals surface area contributed by atoms with Gasteiger partial charge in [0.1, 0.15) is 6.79 Å². The van der Waals surface area contributed by atoms with E-state index in [1.807, 2.05) is 19.9 Å². The van der Waals surface area contributed by atoms with E-state index in [1.54, 1.807) is 0 Å². The summed E-state index contributed by atoms with van der Waals surface area (Å²) < 4.78 is 10.00. The second-order valence-corrected chi connectivity index (χ2v) is 1.95. The number of nitriles is 1. The molecule has 0 aliphatic rings. The lowest BCUT2D eigenvalue weighted by Gasteiger charge is -2.07. The van der Waals surface area contributed by atoms with Crippen molar-refractivity contribution >= 4 is 0 Å². The fourth-order valence-corrected chi connectivity index (χ4v) is 0.435. The molecule has 10 heavy (non-hydrogen) atoms. The maximum Gasteiger partial charge on any atom is 0.147 e. The molecule has 0 radical (unpaired) electrons. The maximum atomic E-state index is 8.22. The molecule has 0 saturated heterocycles. The highest BCUT2D eigenvalue weighted by Gasteiger charge is 1.98. The lowest BCUT2D eigenvalue weighted by Crippen LogP contribution is -2.10. The summed E-state index contributed by atoms with van der Waals surface area (Å²) in [5, 5.41) is 8.22. The molecule has 0 aliphatic heterocycles. The molecule has 0 aromatic rings. The van der Waals surface area contributed by atoms with E-state index in [2.05, 4.69) is 0 Å². The van der Waals surface area contributed by atoms with Crippen LogP contribution in [0.1, 0.15) is 20.3 Å². The quantitative estimate of drug-likeness (QED) is 0.430. The summed E-state index contributed by atoms with van der Waals surface area (Å²) in [6.45, 7) is 4.69. The standard InChI is InChI=1S/C7H13NO2/c1-3-9-6-10-7(2)4-5-8/h7H,3-4,6H2,1-2H3/t7-/m1/s1. The SMILES string of the molecule is CCOCO[C@H](C)CC#N. The third-order valence-corrected chi connectivity index (χ3v) is 1.02. The Hall–Kier alpha value is -0.590. The molecule has 0 aromatic carbocycles. The molecule has 0 amide bonds. The van der Waals surface area contributed by atoms with Crippen molar-refractivity contribution in [2.24, 2.45) is 0 Å². The van der Waals surface area contributed by atoms with Crippen molar-refractivity contribution in [1.82, 2.24) is 0 Å². The van der Waals surface area contributed by atoms with Crippen LogP contribution >= 0.6 is 0 Å². The van der Waals surface area contributed by atoms with E-state index < -0.39 is 0 Å². The summed E-state index contributed by atoms with van der Waals surface area (Å²) in [7, 11) is 0. The summed E-state index contributed by atoms with van der Waals surface area (Å²) in [5.74, 6) is 0. The van der Waals surface area contributed by atoms with Crippen LogP contribution in [0, 0.1) is 11.3 Å². The van der Waals surface area contributed by atoms with Crippen molar-refractivity contribution in [3.8, 4) is 6.07 Å². The summed E-state index contributed by atoms with van der Waals surface area (Å²) >= 11 is 0. The zero-order valence-corrected chi connectivity index (χ0v) is 6.46. The first-order valence-corrected chi connectivity index (χ1v) is 3.37. The number of hydrogen-bond acceptors (Lipinski definition) is 3. The zero-order valence-electron chi connectivity index (χ0n) is 6.46. The fraction of sp³-hybridized carbons (Fsp3) is 0.857. The molecule has 1 atom stereocenters. The van der Waals surface area contributed by atoms with Crippen LogP contribution in [0.2, 0.25) is 0 Å². The van der Waals surface area contributed by atoms with E-state index in [0.29, 0.717) is 19.8 Å². The number of hydrogen-bond donors (Lipinski definition) is 0. The first kappa shape index (κ1) is 9.41. The molecule has 0 unspecified atom stereocenters. The molecular formula is C7H13NO2. The van der Waals surface area contributed by atoms with Crippen LogP contribution in [-0.2, 0) is 9.47 Å². The Labute approximate surface area is 61.5 Å². The van der Waals surface area contributed by atoms with Crippen LogP contribution in [0.3, 0.4) is 0 Å². The molecule has 0 spiro atoms. The molecule has 0 N–H and O–H groups in total. The van der Waals surface area contributed by atoms with Crippen LogP contribution in [0.4, 0.5) is 0 Å². The Kier molecular flexibility index (Phi) is 6.14. The molecule has 0 aliphatic carbocycles. The predicted octanol–water partition coefficient (Wildman–Crippen LogP) is 1.30. The van der Waals surface area contributed by atoms with Gasteiger partial charge in [0, 0.05) is 6.61 Å². The first-order chi connectivity index (χ1) is 4.81. The van der Waals surface area contributed by atoms with Crippen molar-refractivity contribution in [3.05, 3.63) is 0 Å². The normalized spacial score (nSPS) is 12.5. The van der Waals surface area contributed by atoms with Crippen molar-refractivity contribution in [1.29, 1.82) is 5.26 Å². The Bertz CT molecular complexity index is 109. The average molecular weight is 143 g/mol. The average Bonchev–Trinajstić information content (AvgIpc) is 1.89. The van der Waals surface area contributed by atoms with Gasteiger partial charge in [-0.15, -0.1) is 0 Å². The van der Waals surface area contributed by atoms with E-state index in [4.69, 9.17) is 14.7 Å². The number of nitrogens with zero attached hydrogens (tertiary/aromatic N) is 1. The topological polar surface area (TPSA) is 42.2 Å². The Balaban J connectivity index is 3.06. The third-order valence-electron chi connectivity index (χ3n) is 1.02. The molecule has 0 bridgehead atoms. The molecule has 58 valence electrons. The van der Waals surface area contributed by atoms with Gasteiger partial charge < -0.3 is 9.47 Å². The van der Waals surface area contributed by atoms with Crippen molar-refractivity contribution in [3.63, 3.8) is 0 Å². The van der Waals surface area contributed by atoms with Crippen molar-refractivity contribution in [2.75, 3.05) is 13.4 Å². The summed E-state index contributed by atoms with van der Waals surface area (Å²) in [5.41, 5.74) is 0. The van der Waals surface area contributed by atoms with Gasteiger partial charge in [-0.05, 0) is 13.8 Å².